The van der Waals surface area contributed by atoms with Crippen molar-refractivity contribution in [3.05, 3.63) is 57.0 Å². The van der Waals surface area contributed by atoms with Gasteiger partial charge >= 0.3 is 0 Å². The zero-order chi connectivity index (χ0) is 18.2. The molecule has 25 heavy (non-hydrogen) atoms. The van der Waals surface area contributed by atoms with E-state index in [0.717, 1.165) is 0 Å². The third-order valence-corrected chi connectivity index (χ3v) is 3.50. The highest BCUT2D eigenvalue weighted by Gasteiger charge is 2.13. The van der Waals surface area contributed by atoms with Crippen LogP contribution in [0.1, 0.15) is 22.7 Å². The highest BCUT2D eigenvalue weighted by Crippen LogP contribution is 2.29. The molecule has 0 saturated carbocycles. The van der Waals surface area contributed by atoms with Gasteiger partial charge in [0.15, 0.2) is 5.76 Å². The van der Waals surface area contributed by atoms with Crippen molar-refractivity contribution in [2.24, 2.45) is 0 Å². The average molecular weight is 369 g/mol. The lowest BCUT2D eigenvalue weighted by Gasteiger charge is -2.06. The maximum Gasteiger partial charge on any atom is 0.286 e. The first-order chi connectivity index (χ1) is 12.0. The Morgan fingerprint density at radius 3 is 2.88 bits per heavy atom. The molecule has 0 atom stereocenters. The van der Waals surface area contributed by atoms with Gasteiger partial charge in [-0.1, -0.05) is 11.6 Å². The molecule has 0 radical (unpaired) electrons. The smallest absolute Gasteiger partial charge is 0.286 e. The Bertz CT molecular complexity index is 746. The van der Waals surface area contributed by atoms with E-state index in [2.05, 4.69) is 5.32 Å². The second-order valence-electron chi connectivity index (χ2n) is 5.03. The minimum Gasteiger partial charge on any atom is -0.484 e. The summed E-state index contributed by atoms with van der Waals surface area (Å²) < 4.78 is 15.7. The van der Waals surface area contributed by atoms with Crippen LogP contribution in [0.5, 0.6) is 5.75 Å². The van der Waals surface area contributed by atoms with Crippen molar-refractivity contribution in [3.63, 3.8) is 0 Å². The third-order valence-electron chi connectivity index (χ3n) is 3.19. The van der Waals surface area contributed by atoms with Gasteiger partial charge in [0.1, 0.15) is 18.1 Å². The van der Waals surface area contributed by atoms with Gasteiger partial charge in [0, 0.05) is 26.3 Å². The van der Waals surface area contributed by atoms with Crippen molar-refractivity contribution < 1.29 is 23.6 Å². The van der Waals surface area contributed by atoms with Gasteiger partial charge in [-0.3, -0.25) is 14.9 Å². The van der Waals surface area contributed by atoms with E-state index in [-0.39, 0.29) is 34.7 Å². The fourth-order valence-corrected chi connectivity index (χ4v) is 2.12. The number of methoxy groups -OCH3 is 1. The van der Waals surface area contributed by atoms with Crippen LogP contribution in [-0.4, -0.2) is 31.1 Å². The molecule has 2 aromatic rings. The lowest BCUT2D eigenvalue weighted by molar-refractivity contribution is -0.384. The summed E-state index contributed by atoms with van der Waals surface area (Å²) in [6, 6.07) is 7.02. The summed E-state index contributed by atoms with van der Waals surface area (Å²) in [5.74, 6) is 0.374. The van der Waals surface area contributed by atoms with Crippen LogP contribution in [0.15, 0.2) is 34.7 Å². The number of furan rings is 1. The Labute approximate surface area is 148 Å². The zero-order valence-corrected chi connectivity index (χ0v) is 14.2. The van der Waals surface area contributed by atoms with E-state index in [1.807, 2.05) is 0 Å². The molecule has 0 aliphatic heterocycles. The number of amides is 1. The SMILES string of the molecule is COCCCNC(=O)c1ccc(COc2cc([N+](=O)[O-])ccc2Cl)o1. The molecule has 0 bridgehead atoms. The van der Waals surface area contributed by atoms with E-state index in [1.165, 1.54) is 24.3 Å². The van der Waals surface area contributed by atoms with Crippen LogP contribution in [0, 0.1) is 10.1 Å². The number of nitro groups is 1. The molecule has 0 aliphatic carbocycles. The standard InChI is InChI=1S/C16H17ClN2O6/c1-23-8-2-7-18-16(20)14-6-4-12(25-14)10-24-15-9-11(19(21)22)3-5-13(15)17/h3-6,9H,2,7-8,10H2,1H3,(H,18,20). The van der Waals surface area contributed by atoms with Crippen molar-refractivity contribution in [3.8, 4) is 5.75 Å². The van der Waals surface area contributed by atoms with E-state index >= 15 is 0 Å². The Balaban J connectivity index is 1.92. The predicted molar refractivity (Wildman–Crippen MR) is 90.0 cm³/mol. The number of benzene rings is 1. The molecule has 8 nitrogen and oxygen atoms in total. The second-order valence-corrected chi connectivity index (χ2v) is 5.44. The fourth-order valence-electron chi connectivity index (χ4n) is 1.95. The average Bonchev–Trinajstić information content (AvgIpc) is 3.06. The van der Waals surface area contributed by atoms with E-state index in [4.69, 9.17) is 25.5 Å². The van der Waals surface area contributed by atoms with Crippen LogP contribution >= 0.6 is 11.6 Å². The van der Waals surface area contributed by atoms with Gasteiger partial charge in [0.25, 0.3) is 11.6 Å². The van der Waals surface area contributed by atoms with Crippen molar-refractivity contribution >= 4 is 23.2 Å². The Morgan fingerprint density at radius 2 is 2.16 bits per heavy atom. The normalized spacial score (nSPS) is 10.5. The monoisotopic (exact) mass is 368 g/mol. The number of nitrogens with one attached hydrogen (secondary N) is 1. The molecule has 134 valence electrons. The lowest BCUT2D eigenvalue weighted by atomic mass is 10.3. The zero-order valence-electron chi connectivity index (χ0n) is 13.5. The number of ether oxygens (including phenoxy) is 2. The van der Waals surface area contributed by atoms with Gasteiger partial charge in [0.2, 0.25) is 0 Å². The minimum absolute atomic E-state index is 0.0160. The topological polar surface area (TPSA) is 104 Å². The van der Waals surface area contributed by atoms with Crippen molar-refractivity contribution in [1.29, 1.82) is 0 Å². The predicted octanol–water partition coefficient (Wildman–Crippen LogP) is 3.19. The Kier molecular flexibility index (Phi) is 6.79. The highest BCUT2D eigenvalue weighted by molar-refractivity contribution is 6.32. The summed E-state index contributed by atoms with van der Waals surface area (Å²) in [6.45, 7) is 1.02. The second kappa shape index (κ2) is 9.05. The van der Waals surface area contributed by atoms with Gasteiger partial charge in [-0.25, -0.2) is 0 Å². The summed E-state index contributed by atoms with van der Waals surface area (Å²) >= 11 is 5.95. The molecule has 0 unspecified atom stereocenters. The maximum absolute atomic E-state index is 11.9. The van der Waals surface area contributed by atoms with Crippen LogP contribution in [0.3, 0.4) is 0 Å². The first-order valence-corrected chi connectivity index (χ1v) is 7.81. The Hall–Kier alpha value is -2.58. The molecule has 1 N–H and O–H groups in total. The molecule has 2 rings (SSSR count). The third kappa shape index (κ3) is 5.47. The van der Waals surface area contributed by atoms with Crippen molar-refractivity contribution in [2.75, 3.05) is 20.3 Å². The molecule has 1 heterocycles. The number of halogens is 1. The van der Waals surface area contributed by atoms with Gasteiger partial charge in [-0.05, 0) is 24.6 Å². The quantitative estimate of drug-likeness (QED) is 0.414. The van der Waals surface area contributed by atoms with Crippen LogP contribution in [0.2, 0.25) is 5.02 Å². The van der Waals surface area contributed by atoms with Gasteiger partial charge in [-0.15, -0.1) is 0 Å². The number of nitrogens with zero attached hydrogens (tertiary/aromatic N) is 1. The molecule has 0 aliphatic rings. The molecule has 1 amide bonds. The number of nitro benzene ring substituents is 1. The van der Waals surface area contributed by atoms with E-state index in [9.17, 15) is 14.9 Å². The largest absolute Gasteiger partial charge is 0.484 e. The van der Waals surface area contributed by atoms with Gasteiger partial charge in [-0.2, -0.15) is 0 Å². The molecule has 1 aromatic carbocycles. The number of rotatable bonds is 9. The minimum atomic E-state index is -0.540. The van der Waals surface area contributed by atoms with Gasteiger partial charge < -0.3 is 19.2 Å². The van der Waals surface area contributed by atoms with Crippen LogP contribution in [0.25, 0.3) is 0 Å². The molecule has 0 fully saturated rings. The lowest BCUT2D eigenvalue weighted by Crippen LogP contribution is -2.24. The Morgan fingerprint density at radius 1 is 1.36 bits per heavy atom. The molecule has 1 aromatic heterocycles. The molecule has 9 heteroatoms. The molecule has 0 spiro atoms. The molecule has 0 saturated heterocycles. The summed E-state index contributed by atoms with van der Waals surface area (Å²) in [6.07, 6.45) is 0.699. The fraction of sp³-hybridized carbons (Fsp3) is 0.312. The van der Waals surface area contributed by atoms with Gasteiger partial charge in [0.05, 0.1) is 16.0 Å². The van der Waals surface area contributed by atoms with E-state index < -0.39 is 4.92 Å². The number of carbonyl (C=O) groups is 1. The van der Waals surface area contributed by atoms with Crippen molar-refractivity contribution in [2.45, 2.75) is 13.0 Å². The molecular weight excluding hydrogens is 352 g/mol. The van der Waals surface area contributed by atoms with E-state index in [0.29, 0.717) is 25.3 Å². The summed E-state index contributed by atoms with van der Waals surface area (Å²) in [7, 11) is 1.59. The summed E-state index contributed by atoms with van der Waals surface area (Å²) in [5.41, 5.74) is -0.130. The number of hydrogen-bond acceptors (Lipinski definition) is 6. The summed E-state index contributed by atoms with van der Waals surface area (Å²) in [5, 5.41) is 13.7. The number of carbonyl (C=O) groups excluding carboxylic acids is 1. The first-order valence-electron chi connectivity index (χ1n) is 7.44. The van der Waals surface area contributed by atoms with Crippen LogP contribution in [-0.2, 0) is 11.3 Å². The first kappa shape index (κ1) is 18.8. The maximum atomic E-state index is 11.9. The van der Waals surface area contributed by atoms with Crippen molar-refractivity contribution in [1.82, 2.24) is 5.32 Å². The van der Waals surface area contributed by atoms with E-state index in [1.54, 1.807) is 13.2 Å². The van der Waals surface area contributed by atoms with Crippen LogP contribution in [0.4, 0.5) is 5.69 Å². The highest BCUT2D eigenvalue weighted by atomic mass is 35.5. The molecular formula is C16H17ClN2O6. The number of hydrogen-bond donors (Lipinski definition) is 1. The summed E-state index contributed by atoms with van der Waals surface area (Å²) in [4.78, 5) is 22.1. The number of non-ortho nitro benzene ring substituents is 1. The van der Waals surface area contributed by atoms with Crippen LogP contribution < -0.4 is 10.1 Å².